The van der Waals surface area contributed by atoms with Gasteiger partial charge < -0.3 is 16.2 Å². The van der Waals surface area contributed by atoms with Crippen LogP contribution in [-0.2, 0) is 11.3 Å². The number of carbonyl (C=O) groups is 2. The van der Waals surface area contributed by atoms with E-state index in [4.69, 9.17) is 5.73 Å². The number of hydrogen-bond donors (Lipinski definition) is 3. The summed E-state index contributed by atoms with van der Waals surface area (Å²) >= 11 is 0. The van der Waals surface area contributed by atoms with Gasteiger partial charge in [0.1, 0.15) is 0 Å². The van der Waals surface area contributed by atoms with Crippen molar-refractivity contribution in [3.63, 3.8) is 0 Å². The first-order valence-electron chi connectivity index (χ1n) is 6.94. The van der Waals surface area contributed by atoms with Crippen LogP contribution in [0.3, 0.4) is 0 Å². The summed E-state index contributed by atoms with van der Waals surface area (Å²) in [5, 5.41) is 12.7. The molecule has 0 saturated carbocycles. The molecule has 0 heterocycles. The van der Waals surface area contributed by atoms with Gasteiger partial charge in [-0.15, -0.1) is 0 Å². The summed E-state index contributed by atoms with van der Waals surface area (Å²) in [7, 11) is 0. The largest absolute Gasteiger partial charge is 0.388 e. The Bertz CT molecular complexity index is 656. The molecular weight excluding hydrogens is 280 g/mol. The van der Waals surface area contributed by atoms with Gasteiger partial charge in [0.2, 0.25) is 11.8 Å². The zero-order valence-electron chi connectivity index (χ0n) is 12.0. The van der Waals surface area contributed by atoms with Gasteiger partial charge in [-0.3, -0.25) is 9.59 Å². The van der Waals surface area contributed by atoms with Gasteiger partial charge in [0, 0.05) is 12.1 Å². The number of nitrogens with one attached hydrogen (secondary N) is 1. The SMILES string of the molecule is NC(=O)c1cccc(CNC(=O)CC(O)c2ccccc2)c1. The molecule has 0 aliphatic heterocycles. The standard InChI is InChI=1S/C17H18N2O3/c18-17(22)14-8-4-5-12(9-14)11-19-16(21)10-15(20)13-6-2-1-3-7-13/h1-9,15,20H,10-11H2,(H2,18,22)(H,19,21). The van der Waals surface area contributed by atoms with E-state index in [1.165, 1.54) is 0 Å². The smallest absolute Gasteiger partial charge is 0.248 e. The second-order valence-corrected chi connectivity index (χ2v) is 4.97. The van der Waals surface area contributed by atoms with Crippen LogP contribution in [0.15, 0.2) is 54.6 Å². The summed E-state index contributed by atoms with van der Waals surface area (Å²) < 4.78 is 0. The molecule has 4 N–H and O–H groups in total. The molecule has 0 fully saturated rings. The fraction of sp³-hybridized carbons (Fsp3) is 0.176. The van der Waals surface area contributed by atoms with E-state index >= 15 is 0 Å². The van der Waals surface area contributed by atoms with Crippen LogP contribution < -0.4 is 11.1 Å². The first-order valence-corrected chi connectivity index (χ1v) is 6.94. The van der Waals surface area contributed by atoms with Crippen molar-refractivity contribution in [1.82, 2.24) is 5.32 Å². The van der Waals surface area contributed by atoms with Crippen molar-refractivity contribution >= 4 is 11.8 Å². The van der Waals surface area contributed by atoms with E-state index in [-0.39, 0.29) is 18.9 Å². The maximum absolute atomic E-state index is 11.9. The number of amides is 2. The predicted molar refractivity (Wildman–Crippen MR) is 82.8 cm³/mol. The molecule has 114 valence electrons. The van der Waals surface area contributed by atoms with Gasteiger partial charge >= 0.3 is 0 Å². The summed E-state index contributed by atoms with van der Waals surface area (Å²) in [6.07, 6.45) is -0.849. The fourth-order valence-corrected chi connectivity index (χ4v) is 2.08. The molecule has 5 nitrogen and oxygen atoms in total. The second-order valence-electron chi connectivity index (χ2n) is 4.97. The van der Waals surface area contributed by atoms with Gasteiger partial charge in [0.05, 0.1) is 12.5 Å². The maximum atomic E-state index is 11.9. The van der Waals surface area contributed by atoms with Gasteiger partial charge in [-0.25, -0.2) is 0 Å². The lowest BCUT2D eigenvalue weighted by Gasteiger charge is -2.11. The average molecular weight is 298 g/mol. The summed E-state index contributed by atoms with van der Waals surface area (Å²) in [5.74, 6) is -0.770. The Kier molecular flexibility index (Phi) is 5.27. The minimum Gasteiger partial charge on any atom is -0.388 e. The zero-order valence-corrected chi connectivity index (χ0v) is 12.0. The number of hydrogen-bond acceptors (Lipinski definition) is 3. The van der Waals surface area contributed by atoms with Crippen LogP contribution in [0, 0.1) is 0 Å². The minimum atomic E-state index is -0.835. The van der Waals surface area contributed by atoms with Crippen LogP contribution in [0.5, 0.6) is 0 Å². The molecule has 2 aromatic carbocycles. The Balaban J connectivity index is 1.88. The third kappa shape index (κ3) is 4.43. The Morgan fingerprint density at radius 1 is 1.09 bits per heavy atom. The molecule has 2 aromatic rings. The monoisotopic (exact) mass is 298 g/mol. The van der Waals surface area contributed by atoms with Crippen LogP contribution in [0.4, 0.5) is 0 Å². The molecule has 5 heteroatoms. The Morgan fingerprint density at radius 2 is 1.82 bits per heavy atom. The number of aliphatic hydroxyl groups is 1. The average Bonchev–Trinajstić information content (AvgIpc) is 2.54. The minimum absolute atomic E-state index is 0.0144. The van der Waals surface area contributed by atoms with Crippen molar-refractivity contribution in [2.75, 3.05) is 0 Å². The Labute approximate surface area is 128 Å². The van der Waals surface area contributed by atoms with E-state index in [9.17, 15) is 14.7 Å². The topological polar surface area (TPSA) is 92.4 Å². The molecular formula is C17H18N2O3. The van der Waals surface area contributed by atoms with Gasteiger partial charge in [0.15, 0.2) is 0 Å². The highest BCUT2D eigenvalue weighted by Crippen LogP contribution is 2.15. The predicted octanol–water partition coefficient (Wildman–Crippen LogP) is 1.53. The quantitative estimate of drug-likeness (QED) is 0.755. The first-order chi connectivity index (χ1) is 10.6. The molecule has 0 aliphatic carbocycles. The van der Waals surface area contributed by atoms with Gasteiger partial charge in [0.25, 0.3) is 0 Å². The number of primary amides is 1. The molecule has 1 atom stereocenters. The lowest BCUT2D eigenvalue weighted by atomic mass is 10.1. The number of nitrogens with two attached hydrogens (primary N) is 1. The van der Waals surface area contributed by atoms with Gasteiger partial charge in [-0.1, -0.05) is 42.5 Å². The van der Waals surface area contributed by atoms with E-state index in [1.807, 2.05) is 18.2 Å². The maximum Gasteiger partial charge on any atom is 0.248 e. The zero-order chi connectivity index (χ0) is 15.9. The van der Waals surface area contributed by atoms with E-state index in [2.05, 4.69) is 5.32 Å². The van der Waals surface area contributed by atoms with Crippen molar-refractivity contribution in [3.8, 4) is 0 Å². The summed E-state index contributed by atoms with van der Waals surface area (Å²) in [6.45, 7) is 0.279. The molecule has 2 rings (SSSR count). The molecule has 0 spiro atoms. The van der Waals surface area contributed by atoms with Crippen LogP contribution in [0.2, 0.25) is 0 Å². The van der Waals surface area contributed by atoms with Crippen molar-refractivity contribution in [1.29, 1.82) is 0 Å². The highest BCUT2D eigenvalue weighted by Gasteiger charge is 2.12. The third-order valence-corrected chi connectivity index (χ3v) is 3.26. The van der Waals surface area contributed by atoms with Crippen LogP contribution in [0.1, 0.15) is 34.0 Å². The Morgan fingerprint density at radius 3 is 2.50 bits per heavy atom. The molecule has 2 amide bonds. The molecule has 0 saturated heterocycles. The van der Waals surface area contributed by atoms with E-state index in [1.54, 1.807) is 36.4 Å². The van der Waals surface area contributed by atoms with E-state index in [0.29, 0.717) is 11.1 Å². The summed E-state index contributed by atoms with van der Waals surface area (Å²) in [5.41, 5.74) is 7.09. The van der Waals surface area contributed by atoms with Gasteiger partial charge in [-0.05, 0) is 23.3 Å². The molecule has 22 heavy (non-hydrogen) atoms. The first kappa shape index (κ1) is 15.7. The van der Waals surface area contributed by atoms with Gasteiger partial charge in [-0.2, -0.15) is 0 Å². The Hall–Kier alpha value is -2.66. The third-order valence-electron chi connectivity index (χ3n) is 3.26. The highest BCUT2D eigenvalue weighted by atomic mass is 16.3. The number of benzene rings is 2. The lowest BCUT2D eigenvalue weighted by molar-refractivity contribution is -0.123. The normalized spacial score (nSPS) is 11.7. The van der Waals surface area contributed by atoms with Crippen molar-refractivity contribution in [2.45, 2.75) is 19.1 Å². The van der Waals surface area contributed by atoms with Crippen molar-refractivity contribution in [2.24, 2.45) is 5.73 Å². The molecule has 0 bridgehead atoms. The van der Waals surface area contributed by atoms with Crippen LogP contribution in [-0.4, -0.2) is 16.9 Å². The van der Waals surface area contributed by atoms with E-state index in [0.717, 1.165) is 5.56 Å². The second kappa shape index (κ2) is 7.38. The number of rotatable bonds is 6. The molecule has 1 unspecified atom stereocenters. The molecule has 0 aromatic heterocycles. The van der Waals surface area contributed by atoms with Crippen LogP contribution in [0.25, 0.3) is 0 Å². The van der Waals surface area contributed by atoms with E-state index < -0.39 is 12.0 Å². The highest BCUT2D eigenvalue weighted by molar-refractivity contribution is 5.92. The summed E-state index contributed by atoms with van der Waals surface area (Å²) in [4.78, 5) is 23.0. The number of aliphatic hydroxyl groups excluding tert-OH is 1. The van der Waals surface area contributed by atoms with Crippen molar-refractivity contribution < 1.29 is 14.7 Å². The molecule has 0 radical (unpaired) electrons. The lowest BCUT2D eigenvalue weighted by Crippen LogP contribution is -2.24. The number of carbonyl (C=O) groups excluding carboxylic acids is 2. The van der Waals surface area contributed by atoms with Crippen LogP contribution >= 0.6 is 0 Å². The fourth-order valence-electron chi connectivity index (χ4n) is 2.08. The summed E-state index contributed by atoms with van der Waals surface area (Å²) in [6, 6.07) is 15.8. The molecule has 0 aliphatic rings. The van der Waals surface area contributed by atoms with Crippen molar-refractivity contribution in [3.05, 3.63) is 71.3 Å².